The Morgan fingerprint density at radius 1 is 1.32 bits per heavy atom. The minimum absolute atomic E-state index is 0.0856. The molecule has 0 saturated heterocycles. The van der Waals surface area contributed by atoms with Gasteiger partial charge >= 0.3 is 5.97 Å². The third kappa shape index (κ3) is 6.00. The quantitative estimate of drug-likeness (QED) is 0.284. The summed E-state index contributed by atoms with van der Waals surface area (Å²) in [5.41, 5.74) is 0.276. The first-order valence-corrected chi connectivity index (χ1v) is 10.6. The topological polar surface area (TPSA) is 111 Å². The van der Waals surface area contributed by atoms with Gasteiger partial charge in [0, 0.05) is 33.1 Å². The number of rotatable bonds is 7. The van der Waals surface area contributed by atoms with Gasteiger partial charge in [-0.15, -0.1) is 11.3 Å². The first-order valence-electron chi connectivity index (χ1n) is 8.53. The monoisotopic (exact) mass is 481 g/mol. The zero-order valence-corrected chi connectivity index (χ0v) is 18.1. The maximum atomic E-state index is 13.8. The number of aryl methyl sites for hydroxylation is 1. The second-order valence-electron chi connectivity index (χ2n) is 6.04. The van der Waals surface area contributed by atoms with Crippen molar-refractivity contribution in [2.24, 2.45) is 0 Å². The zero-order valence-electron chi connectivity index (χ0n) is 15.8. The number of nitro groups is 1. The summed E-state index contributed by atoms with van der Waals surface area (Å²) in [7, 11) is 0. The third-order valence-corrected chi connectivity index (χ3v) is 6.10. The van der Waals surface area contributed by atoms with E-state index in [1.807, 2.05) is 12.3 Å². The summed E-state index contributed by atoms with van der Waals surface area (Å²) in [6.07, 6.45) is 0. The Labute approximate surface area is 188 Å². The highest BCUT2D eigenvalue weighted by atomic mass is 35.5. The minimum atomic E-state index is -0.939. The largest absolute Gasteiger partial charge is 0.452 e. The van der Waals surface area contributed by atoms with E-state index in [2.05, 4.69) is 10.3 Å². The number of amides is 1. The van der Waals surface area contributed by atoms with Gasteiger partial charge in [0.1, 0.15) is 5.82 Å². The molecule has 0 spiro atoms. The number of carbonyl (C=O) groups is 2. The lowest BCUT2D eigenvalue weighted by Gasteiger charge is -2.10. The van der Waals surface area contributed by atoms with E-state index in [9.17, 15) is 24.1 Å². The normalized spacial score (nSPS) is 10.5. The first kappa shape index (κ1) is 22.7. The number of ether oxygens (including phenoxy) is 1. The molecule has 0 aliphatic carbocycles. The Hall–Kier alpha value is -3.02. The molecule has 160 valence electrons. The van der Waals surface area contributed by atoms with Gasteiger partial charge in [-0.05, 0) is 31.2 Å². The molecular weight excluding hydrogens is 469 g/mol. The van der Waals surface area contributed by atoms with Crippen molar-refractivity contribution in [2.45, 2.75) is 16.2 Å². The molecule has 2 aromatic carbocycles. The van der Waals surface area contributed by atoms with E-state index in [0.29, 0.717) is 9.24 Å². The number of hydrogen-bond acceptors (Lipinski definition) is 8. The van der Waals surface area contributed by atoms with Crippen molar-refractivity contribution in [2.75, 3.05) is 11.9 Å². The number of aromatic nitrogens is 1. The Kier molecular flexibility index (Phi) is 7.21. The smallest absolute Gasteiger partial charge is 0.340 e. The van der Waals surface area contributed by atoms with Crippen molar-refractivity contribution in [1.29, 1.82) is 0 Å². The molecule has 0 bridgehead atoms. The van der Waals surface area contributed by atoms with Gasteiger partial charge in [-0.25, -0.2) is 14.2 Å². The molecule has 8 nitrogen and oxygen atoms in total. The number of hydrogen-bond donors (Lipinski definition) is 1. The molecule has 1 amide bonds. The zero-order chi connectivity index (χ0) is 22.5. The van der Waals surface area contributed by atoms with Gasteiger partial charge in [-0.1, -0.05) is 23.4 Å². The van der Waals surface area contributed by atoms with Crippen LogP contribution >= 0.6 is 34.7 Å². The van der Waals surface area contributed by atoms with Crippen molar-refractivity contribution in [1.82, 2.24) is 4.98 Å². The maximum Gasteiger partial charge on any atom is 0.340 e. The summed E-state index contributed by atoms with van der Waals surface area (Å²) >= 11 is 8.16. The lowest BCUT2D eigenvalue weighted by molar-refractivity contribution is -0.384. The summed E-state index contributed by atoms with van der Waals surface area (Å²) in [4.78, 5) is 39.7. The number of anilines is 1. The van der Waals surface area contributed by atoms with Crippen LogP contribution in [0.25, 0.3) is 0 Å². The van der Waals surface area contributed by atoms with Crippen LogP contribution in [0, 0.1) is 22.9 Å². The summed E-state index contributed by atoms with van der Waals surface area (Å²) in [5.74, 6) is -2.47. The van der Waals surface area contributed by atoms with Crippen LogP contribution in [-0.2, 0) is 9.53 Å². The fourth-order valence-corrected chi connectivity index (χ4v) is 4.39. The molecule has 0 saturated carbocycles. The van der Waals surface area contributed by atoms with E-state index < -0.39 is 29.2 Å². The molecule has 12 heteroatoms. The molecule has 3 rings (SSSR count). The lowest BCUT2D eigenvalue weighted by atomic mass is 10.2. The molecule has 1 N–H and O–H groups in total. The third-order valence-electron chi connectivity index (χ3n) is 3.73. The van der Waals surface area contributed by atoms with E-state index in [-0.39, 0.29) is 22.0 Å². The van der Waals surface area contributed by atoms with Gasteiger partial charge in [0.2, 0.25) is 0 Å². The number of thiazole rings is 1. The summed E-state index contributed by atoms with van der Waals surface area (Å²) in [5, 5.41) is 15.3. The molecule has 3 aromatic rings. The van der Waals surface area contributed by atoms with E-state index in [1.165, 1.54) is 35.6 Å². The molecule has 0 aliphatic rings. The Bertz CT molecular complexity index is 1170. The molecule has 0 fully saturated rings. The van der Waals surface area contributed by atoms with Crippen molar-refractivity contribution in [3.8, 4) is 0 Å². The second kappa shape index (κ2) is 9.86. The fraction of sp³-hybridized carbons (Fsp3) is 0.105. The van der Waals surface area contributed by atoms with E-state index in [4.69, 9.17) is 16.3 Å². The number of benzene rings is 2. The Morgan fingerprint density at radius 2 is 2.10 bits per heavy atom. The Balaban J connectivity index is 1.73. The molecular formula is C19H13ClFN3O5S2. The van der Waals surface area contributed by atoms with E-state index in [1.54, 1.807) is 0 Å². The average Bonchev–Trinajstić information content (AvgIpc) is 3.13. The van der Waals surface area contributed by atoms with Crippen molar-refractivity contribution < 1.29 is 23.6 Å². The van der Waals surface area contributed by atoms with Crippen LogP contribution in [0.2, 0.25) is 5.02 Å². The first-order chi connectivity index (χ1) is 14.7. The van der Waals surface area contributed by atoms with Crippen LogP contribution < -0.4 is 5.32 Å². The van der Waals surface area contributed by atoms with Gasteiger partial charge in [-0.3, -0.25) is 14.9 Å². The number of nitrogens with zero attached hydrogens (tertiary/aromatic N) is 2. The van der Waals surface area contributed by atoms with Gasteiger partial charge in [0.15, 0.2) is 10.9 Å². The molecule has 0 unspecified atom stereocenters. The molecule has 1 aromatic heterocycles. The van der Waals surface area contributed by atoms with Crippen molar-refractivity contribution in [3.63, 3.8) is 0 Å². The number of carbonyl (C=O) groups excluding carboxylic acids is 2. The molecule has 0 atom stereocenters. The van der Waals surface area contributed by atoms with Crippen LogP contribution in [0.4, 0.5) is 15.8 Å². The molecule has 0 radical (unpaired) electrons. The SMILES string of the molecule is Cc1csc(Sc2ccc([N+](=O)[O-])cc2C(=O)OCC(=O)Nc2ccc(Cl)cc2F)n1. The summed E-state index contributed by atoms with van der Waals surface area (Å²) < 4.78 is 19.4. The van der Waals surface area contributed by atoms with Crippen molar-refractivity contribution >= 4 is 58.0 Å². The highest BCUT2D eigenvalue weighted by molar-refractivity contribution is 8.01. The number of halogens is 2. The van der Waals surface area contributed by atoms with Gasteiger partial charge in [-0.2, -0.15) is 0 Å². The molecule has 31 heavy (non-hydrogen) atoms. The summed E-state index contributed by atoms with van der Waals surface area (Å²) in [6.45, 7) is 1.10. The molecule has 1 heterocycles. The lowest BCUT2D eigenvalue weighted by Crippen LogP contribution is -2.21. The van der Waals surface area contributed by atoms with E-state index in [0.717, 1.165) is 29.6 Å². The van der Waals surface area contributed by atoms with Crippen LogP contribution in [0.1, 0.15) is 16.1 Å². The number of nitrogens with one attached hydrogen (secondary N) is 1. The number of non-ortho nitro benzene ring substituents is 1. The van der Waals surface area contributed by atoms with E-state index >= 15 is 0 Å². The Morgan fingerprint density at radius 3 is 2.74 bits per heavy atom. The highest BCUT2D eigenvalue weighted by Crippen LogP contribution is 2.34. The number of nitro benzene ring substituents is 1. The van der Waals surface area contributed by atoms with Crippen LogP contribution in [0.3, 0.4) is 0 Å². The van der Waals surface area contributed by atoms with Crippen molar-refractivity contribution in [3.05, 3.63) is 74.0 Å². The highest BCUT2D eigenvalue weighted by Gasteiger charge is 2.21. The van der Waals surface area contributed by atoms with Crippen LogP contribution in [0.15, 0.2) is 51.0 Å². The predicted octanol–water partition coefficient (Wildman–Crippen LogP) is 5.10. The molecule has 0 aliphatic heterocycles. The second-order valence-corrected chi connectivity index (χ2v) is 8.63. The van der Waals surface area contributed by atoms with Crippen LogP contribution in [0.5, 0.6) is 0 Å². The average molecular weight is 482 g/mol. The fourth-order valence-electron chi connectivity index (χ4n) is 2.34. The standard InChI is InChI=1S/C19H13ClFN3O5S2/c1-10-9-30-19(22-10)31-16-5-3-12(24(27)28)7-13(16)18(26)29-8-17(25)23-15-4-2-11(20)6-14(15)21/h2-7,9H,8H2,1H3,(H,23,25). The van der Waals surface area contributed by atoms with Gasteiger partial charge < -0.3 is 10.1 Å². The van der Waals surface area contributed by atoms with Crippen LogP contribution in [-0.4, -0.2) is 28.4 Å². The number of esters is 1. The predicted molar refractivity (Wildman–Crippen MR) is 114 cm³/mol. The van der Waals surface area contributed by atoms with Gasteiger partial charge in [0.25, 0.3) is 11.6 Å². The summed E-state index contributed by atoms with van der Waals surface area (Å²) in [6, 6.07) is 7.43. The minimum Gasteiger partial charge on any atom is -0.452 e. The maximum absolute atomic E-state index is 13.8. The van der Waals surface area contributed by atoms with Gasteiger partial charge in [0.05, 0.1) is 16.2 Å².